The van der Waals surface area contributed by atoms with Crippen molar-refractivity contribution in [2.75, 3.05) is 12.3 Å². The lowest BCUT2D eigenvalue weighted by atomic mass is 10.3. The van der Waals surface area contributed by atoms with Crippen molar-refractivity contribution in [1.29, 1.82) is 0 Å². The van der Waals surface area contributed by atoms with Crippen LogP contribution in [0.1, 0.15) is 12.8 Å². The van der Waals surface area contributed by atoms with Gasteiger partial charge in [0.2, 0.25) is 0 Å². The number of rotatable bonds is 1. The van der Waals surface area contributed by atoms with E-state index in [0.717, 1.165) is 12.8 Å². The quantitative estimate of drug-likeness (QED) is 0.677. The predicted octanol–water partition coefficient (Wildman–Crippen LogP) is 1.10. The molecule has 1 aliphatic rings. The number of aromatic nitrogens is 2. The van der Waals surface area contributed by atoms with Crippen molar-refractivity contribution >= 4 is 9.73 Å². The van der Waals surface area contributed by atoms with Gasteiger partial charge in [0, 0.05) is 24.7 Å². The first-order chi connectivity index (χ1) is 6.31. The lowest BCUT2D eigenvalue weighted by Crippen LogP contribution is -2.13. The smallest absolute Gasteiger partial charge is 0.115 e. The normalized spacial score (nSPS) is 28.0. The van der Waals surface area contributed by atoms with Crippen LogP contribution in [0, 0.1) is 0 Å². The Balaban J connectivity index is 2.46. The maximum absolute atomic E-state index is 12.2. The Morgan fingerprint density at radius 3 is 2.62 bits per heavy atom. The van der Waals surface area contributed by atoms with Gasteiger partial charge in [-0.3, -0.25) is 0 Å². The van der Waals surface area contributed by atoms with E-state index in [9.17, 15) is 4.21 Å². The maximum atomic E-state index is 12.2. The molecule has 4 nitrogen and oxygen atoms in total. The van der Waals surface area contributed by atoms with Crippen LogP contribution in [0.25, 0.3) is 0 Å². The molecule has 0 N–H and O–H groups in total. The highest BCUT2D eigenvalue weighted by atomic mass is 32.2. The Morgan fingerprint density at radius 2 is 2.00 bits per heavy atom. The van der Waals surface area contributed by atoms with E-state index in [0.29, 0.717) is 17.2 Å². The van der Waals surface area contributed by atoms with Gasteiger partial charge in [-0.1, -0.05) is 0 Å². The van der Waals surface area contributed by atoms with Crippen LogP contribution in [0.4, 0.5) is 0 Å². The molecule has 0 bridgehead atoms. The summed E-state index contributed by atoms with van der Waals surface area (Å²) in [6.45, 7) is 0.702. The minimum Gasteiger partial charge on any atom is -0.245 e. The van der Waals surface area contributed by atoms with Gasteiger partial charge in [0.15, 0.2) is 0 Å². The lowest BCUT2D eigenvalue weighted by Gasteiger charge is -2.13. The molecule has 1 aromatic heterocycles. The van der Waals surface area contributed by atoms with Crippen LogP contribution in [0.2, 0.25) is 0 Å². The molecule has 2 rings (SSSR count). The second-order valence-electron chi connectivity index (χ2n) is 2.98. The van der Waals surface area contributed by atoms with Crippen molar-refractivity contribution in [2.45, 2.75) is 17.7 Å². The first kappa shape index (κ1) is 8.62. The summed E-state index contributed by atoms with van der Waals surface area (Å²) in [5.41, 5.74) is 0. The molecule has 0 aliphatic carbocycles. The zero-order valence-corrected chi connectivity index (χ0v) is 8.04. The molecular formula is C8H11N3OS. The molecule has 0 aromatic carbocycles. The van der Waals surface area contributed by atoms with Crippen molar-refractivity contribution in [1.82, 2.24) is 9.97 Å². The summed E-state index contributed by atoms with van der Waals surface area (Å²) in [6, 6.07) is 0. The summed E-state index contributed by atoms with van der Waals surface area (Å²) in [7, 11) is -2.17. The van der Waals surface area contributed by atoms with Gasteiger partial charge in [-0.15, -0.1) is 0 Å². The Morgan fingerprint density at radius 1 is 1.23 bits per heavy atom. The highest BCUT2D eigenvalue weighted by Crippen LogP contribution is 2.17. The van der Waals surface area contributed by atoms with E-state index in [1.807, 2.05) is 0 Å². The molecule has 0 fully saturated rings. The van der Waals surface area contributed by atoms with Gasteiger partial charge >= 0.3 is 0 Å². The molecule has 0 saturated carbocycles. The average molecular weight is 197 g/mol. The fourth-order valence-electron chi connectivity index (χ4n) is 1.33. The van der Waals surface area contributed by atoms with Gasteiger partial charge in [-0.2, -0.15) is 0 Å². The molecular weight excluding hydrogens is 186 g/mol. The summed E-state index contributed by atoms with van der Waals surface area (Å²) in [5.74, 6) is 0.653. The van der Waals surface area contributed by atoms with Crippen LogP contribution in [0.15, 0.2) is 28.0 Å². The molecule has 0 saturated heterocycles. The van der Waals surface area contributed by atoms with E-state index >= 15 is 0 Å². The fraction of sp³-hybridized carbons (Fsp3) is 0.500. The van der Waals surface area contributed by atoms with E-state index in [1.165, 1.54) is 6.33 Å². The molecule has 0 radical (unpaired) electrons. The van der Waals surface area contributed by atoms with Gasteiger partial charge in [0.1, 0.15) is 6.33 Å². The third-order valence-corrected chi connectivity index (χ3v) is 4.42. The second-order valence-corrected chi connectivity index (χ2v) is 5.40. The first-order valence-electron chi connectivity index (χ1n) is 4.27. The van der Waals surface area contributed by atoms with E-state index in [2.05, 4.69) is 14.3 Å². The maximum Gasteiger partial charge on any atom is 0.115 e. The molecule has 1 atom stereocenters. The standard InChI is InChI=1S/C8H11N3OS/c12-13(4-2-1-3-11-13)8-5-9-7-10-6-8/h5-7H,1-4H2. The molecule has 70 valence electrons. The van der Waals surface area contributed by atoms with Gasteiger partial charge < -0.3 is 0 Å². The van der Waals surface area contributed by atoms with E-state index < -0.39 is 9.73 Å². The predicted molar refractivity (Wildman–Crippen MR) is 49.8 cm³/mol. The topological polar surface area (TPSA) is 55.2 Å². The fourth-order valence-corrected chi connectivity index (χ4v) is 3.31. The van der Waals surface area contributed by atoms with Gasteiger partial charge in [0.05, 0.1) is 14.6 Å². The zero-order chi connectivity index (χ0) is 9.15. The Kier molecular flexibility index (Phi) is 2.26. The van der Waals surface area contributed by atoms with Crippen molar-refractivity contribution < 1.29 is 4.21 Å². The van der Waals surface area contributed by atoms with Gasteiger partial charge in [-0.25, -0.2) is 18.5 Å². The monoisotopic (exact) mass is 197 g/mol. The number of hydrogen-bond acceptors (Lipinski definition) is 4. The van der Waals surface area contributed by atoms with Crippen LogP contribution in [-0.4, -0.2) is 26.5 Å². The van der Waals surface area contributed by atoms with Crippen LogP contribution in [0.5, 0.6) is 0 Å². The van der Waals surface area contributed by atoms with Crippen molar-refractivity contribution in [3.63, 3.8) is 0 Å². The Labute approximate surface area is 77.6 Å². The summed E-state index contributed by atoms with van der Waals surface area (Å²) >= 11 is 0. The highest BCUT2D eigenvalue weighted by Gasteiger charge is 2.15. The van der Waals surface area contributed by atoms with E-state index in [-0.39, 0.29) is 0 Å². The average Bonchev–Trinajstić information content (AvgIpc) is 2.20. The van der Waals surface area contributed by atoms with E-state index in [1.54, 1.807) is 12.4 Å². The molecule has 5 heteroatoms. The summed E-state index contributed by atoms with van der Waals surface area (Å²) in [5, 5.41) is 0. The summed E-state index contributed by atoms with van der Waals surface area (Å²) in [6.07, 6.45) is 6.67. The van der Waals surface area contributed by atoms with Crippen molar-refractivity contribution in [2.24, 2.45) is 4.36 Å². The minimum absolute atomic E-state index is 0.653. The second kappa shape index (κ2) is 3.41. The van der Waals surface area contributed by atoms with Gasteiger partial charge in [0.25, 0.3) is 0 Å². The largest absolute Gasteiger partial charge is 0.245 e. The van der Waals surface area contributed by atoms with Crippen LogP contribution in [0.3, 0.4) is 0 Å². The highest BCUT2D eigenvalue weighted by molar-refractivity contribution is 7.93. The number of hydrogen-bond donors (Lipinski definition) is 0. The SMILES string of the molecule is O=S1(c2cncnc2)=NCCCC1. The Bertz CT molecular complexity index is 395. The number of nitrogens with zero attached hydrogens (tertiary/aromatic N) is 3. The van der Waals surface area contributed by atoms with Gasteiger partial charge in [-0.05, 0) is 12.8 Å². The lowest BCUT2D eigenvalue weighted by molar-refractivity contribution is 0.657. The molecule has 13 heavy (non-hydrogen) atoms. The Hall–Kier alpha value is -0.970. The van der Waals surface area contributed by atoms with E-state index in [4.69, 9.17) is 0 Å². The first-order valence-corrected chi connectivity index (χ1v) is 5.95. The van der Waals surface area contributed by atoms with Crippen LogP contribution >= 0.6 is 0 Å². The molecule has 1 unspecified atom stereocenters. The third-order valence-electron chi connectivity index (χ3n) is 2.03. The van der Waals surface area contributed by atoms with Crippen molar-refractivity contribution in [3.8, 4) is 0 Å². The van der Waals surface area contributed by atoms with Crippen molar-refractivity contribution in [3.05, 3.63) is 18.7 Å². The van der Waals surface area contributed by atoms with Crippen LogP contribution < -0.4 is 0 Å². The van der Waals surface area contributed by atoms with Crippen LogP contribution in [-0.2, 0) is 9.73 Å². The molecule has 0 amide bonds. The zero-order valence-electron chi connectivity index (χ0n) is 7.22. The molecule has 1 aromatic rings. The summed E-state index contributed by atoms with van der Waals surface area (Å²) < 4.78 is 16.3. The molecule has 0 spiro atoms. The third kappa shape index (κ3) is 1.70. The minimum atomic E-state index is -2.17. The molecule has 2 heterocycles. The molecule has 1 aliphatic heterocycles. The summed E-state index contributed by atoms with van der Waals surface area (Å²) in [4.78, 5) is 8.39.